The number of hydrogen-bond donors (Lipinski definition) is 2. The van der Waals surface area contributed by atoms with Gasteiger partial charge in [-0.3, -0.25) is 24.0 Å². The van der Waals surface area contributed by atoms with Gasteiger partial charge in [-0.25, -0.2) is 0 Å². The SMILES string of the molecule is COc1cc(C(=O)NCCO)ccc1O[C@@H]1O[C@H](COC(C)=O)[C@H](OC(C)=O)[C@H](OC(C)=O)[C@@H]1OC(C)=O. The van der Waals surface area contributed by atoms with E-state index in [0.717, 1.165) is 27.7 Å². The van der Waals surface area contributed by atoms with E-state index in [-0.39, 0.29) is 30.2 Å². The number of nitrogens with one attached hydrogen (secondary N) is 1. The van der Waals surface area contributed by atoms with Crippen LogP contribution in [-0.4, -0.2) is 92.5 Å². The Morgan fingerprint density at radius 3 is 2.03 bits per heavy atom. The zero-order valence-corrected chi connectivity index (χ0v) is 21.6. The molecule has 1 aliphatic heterocycles. The van der Waals surface area contributed by atoms with E-state index in [1.54, 1.807) is 0 Å². The highest BCUT2D eigenvalue weighted by Gasteiger charge is 2.53. The first-order chi connectivity index (χ1) is 18.0. The van der Waals surface area contributed by atoms with E-state index in [9.17, 15) is 24.0 Å². The number of hydrogen-bond acceptors (Lipinski definition) is 13. The van der Waals surface area contributed by atoms with Gasteiger partial charge in [0, 0.05) is 39.8 Å². The van der Waals surface area contributed by atoms with E-state index in [1.807, 2.05) is 0 Å². The molecule has 0 spiro atoms. The maximum Gasteiger partial charge on any atom is 0.303 e. The minimum Gasteiger partial charge on any atom is -0.493 e. The van der Waals surface area contributed by atoms with Crippen LogP contribution in [-0.2, 0) is 42.9 Å². The van der Waals surface area contributed by atoms with Crippen molar-refractivity contribution < 1.29 is 62.2 Å². The molecule has 0 saturated carbocycles. The predicted molar refractivity (Wildman–Crippen MR) is 125 cm³/mol. The number of aliphatic hydroxyl groups excluding tert-OH is 1. The molecule has 1 saturated heterocycles. The minimum absolute atomic E-state index is 0.0458. The number of amides is 1. The summed E-state index contributed by atoms with van der Waals surface area (Å²) in [5, 5.41) is 11.4. The van der Waals surface area contributed by atoms with Crippen LogP contribution in [0.4, 0.5) is 0 Å². The lowest BCUT2D eigenvalue weighted by atomic mass is 9.98. The molecule has 210 valence electrons. The van der Waals surface area contributed by atoms with Crippen LogP contribution in [0.5, 0.6) is 11.5 Å². The molecule has 0 unspecified atom stereocenters. The number of benzene rings is 1. The Kier molecular flexibility index (Phi) is 11.3. The van der Waals surface area contributed by atoms with Crippen molar-refractivity contribution in [3.05, 3.63) is 23.8 Å². The summed E-state index contributed by atoms with van der Waals surface area (Å²) in [4.78, 5) is 59.5. The molecule has 14 heteroatoms. The molecule has 5 atom stereocenters. The number of carbonyl (C=O) groups is 5. The molecule has 0 aliphatic carbocycles. The van der Waals surface area contributed by atoms with Gasteiger partial charge in [0.15, 0.2) is 23.7 Å². The largest absolute Gasteiger partial charge is 0.493 e. The van der Waals surface area contributed by atoms with E-state index < -0.39 is 67.1 Å². The summed E-state index contributed by atoms with van der Waals surface area (Å²) in [5.74, 6) is -3.33. The summed E-state index contributed by atoms with van der Waals surface area (Å²) >= 11 is 0. The van der Waals surface area contributed by atoms with E-state index >= 15 is 0 Å². The quantitative estimate of drug-likeness (QED) is 0.280. The molecule has 0 bridgehead atoms. The van der Waals surface area contributed by atoms with Crippen molar-refractivity contribution in [1.29, 1.82) is 0 Å². The van der Waals surface area contributed by atoms with Gasteiger partial charge in [-0.2, -0.15) is 0 Å². The minimum atomic E-state index is -1.47. The smallest absolute Gasteiger partial charge is 0.303 e. The Morgan fingerprint density at radius 2 is 1.47 bits per heavy atom. The molecule has 14 nitrogen and oxygen atoms in total. The van der Waals surface area contributed by atoms with Crippen LogP contribution in [0.2, 0.25) is 0 Å². The van der Waals surface area contributed by atoms with Crippen LogP contribution >= 0.6 is 0 Å². The fourth-order valence-electron chi connectivity index (χ4n) is 3.59. The topological polar surface area (TPSA) is 182 Å². The van der Waals surface area contributed by atoms with Gasteiger partial charge in [0.25, 0.3) is 5.91 Å². The molecule has 1 fully saturated rings. The average molecular weight is 542 g/mol. The van der Waals surface area contributed by atoms with Crippen LogP contribution in [0.15, 0.2) is 18.2 Å². The van der Waals surface area contributed by atoms with Gasteiger partial charge in [0.05, 0.1) is 13.7 Å². The van der Waals surface area contributed by atoms with Gasteiger partial charge in [0.1, 0.15) is 12.7 Å². The van der Waals surface area contributed by atoms with Crippen molar-refractivity contribution in [2.45, 2.75) is 58.4 Å². The summed E-state index contributed by atoms with van der Waals surface area (Å²) in [6, 6.07) is 4.17. The van der Waals surface area contributed by atoms with Crippen LogP contribution in [0.25, 0.3) is 0 Å². The number of esters is 4. The number of carbonyl (C=O) groups excluding carboxylic acids is 5. The highest BCUT2D eigenvalue weighted by Crippen LogP contribution is 2.34. The average Bonchev–Trinajstić information content (AvgIpc) is 2.84. The monoisotopic (exact) mass is 541 g/mol. The molecule has 0 radical (unpaired) electrons. The highest BCUT2D eigenvalue weighted by molar-refractivity contribution is 5.94. The zero-order chi connectivity index (χ0) is 28.4. The Labute approximate surface area is 218 Å². The Morgan fingerprint density at radius 1 is 0.868 bits per heavy atom. The summed E-state index contributed by atoms with van der Waals surface area (Å²) in [6.07, 6.45) is -6.85. The summed E-state index contributed by atoms with van der Waals surface area (Å²) in [5.41, 5.74) is 0.198. The maximum atomic E-state index is 12.3. The second-order valence-corrected chi connectivity index (χ2v) is 8.03. The molecule has 38 heavy (non-hydrogen) atoms. The molecule has 1 amide bonds. The third kappa shape index (κ3) is 8.59. The van der Waals surface area contributed by atoms with Gasteiger partial charge in [-0.1, -0.05) is 0 Å². The first kappa shape index (κ1) is 30.3. The summed E-state index contributed by atoms with van der Waals surface area (Å²) in [6.45, 7) is 3.86. The molecular formula is C24H31NO13. The van der Waals surface area contributed by atoms with E-state index in [2.05, 4.69) is 5.32 Å². The third-order valence-corrected chi connectivity index (χ3v) is 5.01. The predicted octanol–water partition coefficient (Wildman–Crippen LogP) is -0.121. The molecule has 2 rings (SSSR count). The fraction of sp³-hybridized carbons (Fsp3) is 0.542. The number of ether oxygens (including phenoxy) is 7. The van der Waals surface area contributed by atoms with Crippen molar-refractivity contribution in [2.24, 2.45) is 0 Å². The number of rotatable bonds is 11. The zero-order valence-electron chi connectivity index (χ0n) is 21.6. The second-order valence-electron chi connectivity index (χ2n) is 8.03. The molecule has 1 aromatic carbocycles. The van der Waals surface area contributed by atoms with Gasteiger partial charge in [-0.05, 0) is 18.2 Å². The van der Waals surface area contributed by atoms with Gasteiger partial charge < -0.3 is 43.6 Å². The molecular weight excluding hydrogens is 510 g/mol. The summed E-state index contributed by atoms with van der Waals surface area (Å²) in [7, 11) is 1.32. The molecule has 2 N–H and O–H groups in total. The van der Waals surface area contributed by atoms with Gasteiger partial charge >= 0.3 is 23.9 Å². The lowest BCUT2D eigenvalue weighted by molar-refractivity contribution is -0.288. The molecule has 1 aliphatic rings. The molecule has 0 aromatic heterocycles. The summed E-state index contributed by atoms with van der Waals surface area (Å²) < 4.78 is 38.2. The molecule has 1 heterocycles. The van der Waals surface area contributed by atoms with Crippen LogP contribution in [0, 0.1) is 0 Å². The van der Waals surface area contributed by atoms with Crippen molar-refractivity contribution in [1.82, 2.24) is 5.32 Å². The van der Waals surface area contributed by atoms with Crippen molar-refractivity contribution in [3.8, 4) is 11.5 Å². The maximum absolute atomic E-state index is 12.3. The van der Waals surface area contributed by atoms with Crippen LogP contribution < -0.4 is 14.8 Å². The van der Waals surface area contributed by atoms with E-state index in [4.69, 9.17) is 38.3 Å². The van der Waals surface area contributed by atoms with Crippen LogP contribution in [0.1, 0.15) is 38.1 Å². The third-order valence-electron chi connectivity index (χ3n) is 5.01. The Hall–Kier alpha value is -3.91. The molecule has 1 aromatic rings. The first-order valence-electron chi connectivity index (χ1n) is 11.5. The lowest BCUT2D eigenvalue weighted by Gasteiger charge is -2.44. The van der Waals surface area contributed by atoms with Gasteiger partial charge in [-0.15, -0.1) is 0 Å². The lowest BCUT2D eigenvalue weighted by Crippen LogP contribution is -2.63. The second kappa shape index (κ2) is 14.1. The van der Waals surface area contributed by atoms with E-state index in [1.165, 1.54) is 25.3 Å². The van der Waals surface area contributed by atoms with Crippen LogP contribution in [0.3, 0.4) is 0 Å². The first-order valence-corrected chi connectivity index (χ1v) is 11.5. The van der Waals surface area contributed by atoms with Crippen molar-refractivity contribution >= 4 is 29.8 Å². The number of methoxy groups -OCH3 is 1. The Balaban J connectivity index is 2.48. The van der Waals surface area contributed by atoms with Crippen molar-refractivity contribution in [3.63, 3.8) is 0 Å². The highest BCUT2D eigenvalue weighted by atomic mass is 16.7. The number of aliphatic hydroxyl groups is 1. The standard InChI is InChI=1S/C24H31NO13/c1-12(27)33-11-19-20(34-13(2)28)21(35-14(3)29)22(36-15(4)30)24(38-19)37-17-7-6-16(10-18(17)32-5)23(31)25-8-9-26/h6-7,10,19-22,24,26H,8-9,11H2,1-5H3,(H,25,31)/t19-,20+,21+,22+,24-/m1/s1. The fourth-order valence-corrected chi connectivity index (χ4v) is 3.59. The normalized spacial score (nSPS) is 22.4. The van der Waals surface area contributed by atoms with E-state index in [0.29, 0.717) is 0 Å². The Bertz CT molecular complexity index is 1030. The van der Waals surface area contributed by atoms with Gasteiger partial charge in [0.2, 0.25) is 12.4 Å². The van der Waals surface area contributed by atoms with Crippen molar-refractivity contribution in [2.75, 3.05) is 26.9 Å².